The zero-order valence-corrected chi connectivity index (χ0v) is 21.8. The van der Waals surface area contributed by atoms with Gasteiger partial charge in [0, 0.05) is 30.8 Å². The Labute approximate surface area is 226 Å². The number of rotatable bonds is 6. The van der Waals surface area contributed by atoms with Crippen molar-refractivity contribution in [2.75, 3.05) is 24.6 Å². The molecule has 0 radical (unpaired) electrons. The Morgan fingerprint density at radius 1 is 1.08 bits per heavy atom. The van der Waals surface area contributed by atoms with Gasteiger partial charge >= 0.3 is 6.18 Å². The molecule has 39 heavy (non-hydrogen) atoms. The van der Waals surface area contributed by atoms with E-state index < -0.39 is 29.2 Å². The molecule has 1 saturated heterocycles. The SMILES string of the molecule is Cc1ccc(C(CC(=O)N2CCSCC2)n2cnc(=O)c3cc(Oc4ncccc4C(F)(F)F)ccc32)cc1. The minimum absolute atomic E-state index is 0.00232. The maximum Gasteiger partial charge on any atom is 0.421 e. The number of benzene rings is 2. The lowest BCUT2D eigenvalue weighted by Crippen LogP contribution is -2.39. The molecule has 1 unspecified atom stereocenters. The molecule has 2 aromatic heterocycles. The van der Waals surface area contributed by atoms with Gasteiger partial charge in [-0.15, -0.1) is 0 Å². The molecule has 5 rings (SSSR count). The van der Waals surface area contributed by atoms with Crippen LogP contribution in [0.3, 0.4) is 0 Å². The molecule has 1 aliphatic rings. The van der Waals surface area contributed by atoms with Crippen molar-refractivity contribution in [3.63, 3.8) is 0 Å². The zero-order chi connectivity index (χ0) is 27.6. The van der Waals surface area contributed by atoms with E-state index in [1.807, 2.05) is 47.9 Å². The first-order valence-electron chi connectivity index (χ1n) is 12.3. The number of carbonyl (C=O) groups excluding carboxylic acids is 1. The van der Waals surface area contributed by atoms with Crippen molar-refractivity contribution in [2.24, 2.45) is 0 Å². The van der Waals surface area contributed by atoms with Crippen LogP contribution in [0.5, 0.6) is 11.6 Å². The Morgan fingerprint density at radius 2 is 1.82 bits per heavy atom. The van der Waals surface area contributed by atoms with Gasteiger partial charge in [-0.1, -0.05) is 29.8 Å². The smallest absolute Gasteiger partial charge is 0.421 e. The number of aryl methyl sites for hydroxylation is 1. The van der Waals surface area contributed by atoms with Crippen molar-refractivity contribution >= 4 is 28.6 Å². The summed E-state index contributed by atoms with van der Waals surface area (Å²) in [5.41, 5.74) is 0.825. The number of aromatic nitrogens is 3. The molecule has 7 nitrogen and oxygen atoms in total. The van der Waals surface area contributed by atoms with Crippen LogP contribution in [0, 0.1) is 6.92 Å². The highest BCUT2D eigenvalue weighted by molar-refractivity contribution is 7.99. The quantitative estimate of drug-likeness (QED) is 0.315. The molecule has 1 amide bonds. The molecule has 2 aromatic carbocycles. The summed E-state index contributed by atoms with van der Waals surface area (Å²) in [6, 6.07) is 13.8. The molecular weight excluding hydrogens is 529 g/mol. The minimum atomic E-state index is -4.66. The van der Waals surface area contributed by atoms with E-state index in [1.54, 1.807) is 10.6 Å². The molecule has 202 valence electrons. The van der Waals surface area contributed by atoms with Crippen LogP contribution in [0.2, 0.25) is 0 Å². The highest BCUT2D eigenvalue weighted by Gasteiger charge is 2.35. The molecule has 1 atom stereocenters. The van der Waals surface area contributed by atoms with Gasteiger partial charge in [-0.2, -0.15) is 29.9 Å². The summed E-state index contributed by atoms with van der Waals surface area (Å²) in [7, 11) is 0. The van der Waals surface area contributed by atoms with Crippen LogP contribution in [-0.2, 0) is 11.0 Å². The van der Waals surface area contributed by atoms with Crippen LogP contribution < -0.4 is 10.3 Å². The summed E-state index contributed by atoms with van der Waals surface area (Å²) in [5, 5.41) is 0.151. The number of thioether (sulfide) groups is 1. The summed E-state index contributed by atoms with van der Waals surface area (Å²) >= 11 is 1.81. The van der Waals surface area contributed by atoms with Gasteiger partial charge in [0.05, 0.1) is 29.7 Å². The average molecular weight is 555 g/mol. The molecule has 4 aromatic rings. The largest absolute Gasteiger partial charge is 0.438 e. The third-order valence-electron chi connectivity index (χ3n) is 6.60. The molecule has 11 heteroatoms. The monoisotopic (exact) mass is 554 g/mol. The van der Waals surface area contributed by atoms with Gasteiger partial charge < -0.3 is 14.2 Å². The third-order valence-corrected chi connectivity index (χ3v) is 7.54. The van der Waals surface area contributed by atoms with Gasteiger partial charge in [0.15, 0.2) is 0 Å². The number of hydrogen-bond acceptors (Lipinski definition) is 6. The third kappa shape index (κ3) is 5.93. The van der Waals surface area contributed by atoms with Crippen molar-refractivity contribution < 1.29 is 22.7 Å². The molecule has 0 bridgehead atoms. The second-order valence-corrected chi connectivity index (χ2v) is 10.4. The van der Waals surface area contributed by atoms with Crippen LogP contribution in [0.25, 0.3) is 10.9 Å². The fourth-order valence-electron chi connectivity index (χ4n) is 4.54. The summed E-state index contributed by atoms with van der Waals surface area (Å²) in [6.45, 7) is 3.34. The first kappa shape index (κ1) is 26.7. The van der Waals surface area contributed by atoms with E-state index in [0.717, 1.165) is 28.7 Å². The second kappa shape index (κ2) is 11.1. The maximum absolute atomic E-state index is 13.4. The van der Waals surface area contributed by atoms with Crippen molar-refractivity contribution in [1.29, 1.82) is 0 Å². The fraction of sp³-hybridized carbons (Fsp3) is 0.286. The number of ether oxygens (including phenoxy) is 1. The lowest BCUT2D eigenvalue weighted by molar-refractivity contribution is -0.139. The van der Waals surface area contributed by atoms with E-state index in [-0.39, 0.29) is 23.5 Å². The van der Waals surface area contributed by atoms with Crippen molar-refractivity contribution in [2.45, 2.75) is 25.6 Å². The highest BCUT2D eigenvalue weighted by atomic mass is 32.2. The van der Waals surface area contributed by atoms with Crippen LogP contribution >= 0.6 is 11.8 Å². The number of halogens is 3. The Bertz CT molecular complexity index is 1550. The van der Waals surface area contributed by atoms with Crippen LogP contribution in [-0.4, -0.2) is 49.9 Å². The van der Waals surface area contributed by atoms with E-state index in [4.69, 9.17) is 4.74 Å². The van der Waals surface area contributed by atoms with E-state index in [1.165, 1.54) is 30.7 Å². The number of carbonyl (C=O) groups is 1. The predicted molar refractivity (Wildman–Crippen MR) is 143 cm³/mol. The fourth-order valence-corrected chi connectivity index (χ4v) is 5.45. The number of pyridine rings is 1. The van der Waals surface area contributed by atoms with Crippen LogP contribution in [0.15, 0.2) is 71.9 Å². The Balaban J connectivity index is 1.55. The number of amides is 1. The molecule has 0 saturated carbocycles. The molecule has 3 heterocycles. The number of hydrogen-bond donors (Lipinski definition) is 0. The van der Waals surface area contributed by atoms with E-state index >= 15 is 0 Å². The molecule has 0 aliphatic carbocycles. The number of alkyl halides is 3. The van der Waals surface area contributed by atoms with Crippen molar-refractivity contribution in [3.05, 3.63) is 94.2 Å². The molecular formula is C28H25F3N4O3S. The summed E-state index contributed by atoms with van der Waals surface area (Å²) in [6.07, 6.45) is -1.88. The standard InChI is InChI=1S/C28H25F3N4O3S/c1-18-4-6-19(7-5-18)24(16-25(36)34-11-13-39-14-12-34)35-17-33-26(37)21-15-20(8-9-23(21)35)38-27-22(28(29,30)31)3-2-10-32-27/h2-10,15,17,24H,11-14,16H2,1H3. The van der Waals surface area contributed by atoms with Gasteiger partial charge in [-0.05, 0) is 42.8 Å². The van der Waals surface area contributed by atoms with Crippen molar-refractivity contribution in [3.8, 4) is 11.6 Å². The average Bonchev–Trinajstić information content (AvgIpc) is 2.93. The Kier molecular flexibility index (Phi) is 7.60. The maximum atomic E-state index is 13.4. The second-order valence-electron chi connectivity index (χ2n) is 9.22. The molecule has 1 fully saturated rings. The van der Waals surface area contributed by atoms with Crippen LogP contribution in [0.4, 0.5) is 13.2 Å². The van der Waals surface area contributed by atoms with Crippen molar-refractivity contribution in [1.82, 2.24) is 19.4 Å². The van der Waals surface area contributed by atoms with Gasteiger partial charge in [-0.25, -0.2) is 4.98 Å². The minimum Gasteiger partial charge on any atom is -0.438 e. The topological polar surface area (TPSA) is 77.3 Å². The first-order chi connectivity index (χ1) is 18.7. The van der Waals surface area contributed by atoms with E-state index in [9.17, 15) is 22.8 Å². The Morgan fingerprint density at radius 3 is 2.54 bits per heavy atom. The first-order valence-corrected chi connectivity index (χ1v) is 13.5. The number of fused-ring (bicyclic) bond motifs is 1. The summed E-state index contributed by atoms with van der Waals surface area (Å²) in [5.74, 6) is 1.17. The predicted octanol–water partition coefficient (Wildman–Crippen LogP) is 5.47. The van der Waals surface area contributed by atoms with Gasteiger partial charge in [0.25, 0.3) is 5.56 Å². The van der Waals surface area contributed by atoms with E-state index in [2.05, 4.69) is 9.97 Å². The number of nitrogens with zero attached hydrogens (tertiary/aromatic N) is 4. The highest BCUT2D eigenvalue weighted by Crippen LogP contribution is 2.37. The zero-order valence-electron chi connectivity index (χ0n) is 21.0. The van der Waals surface area contributed by atoms with Gasteiger partial charge in [0.1, 0.15) is 11.3 Å². The lowest BCUT2D eigenvalue weighted by Gasteiger charge is -2.29. The Hall–Kier alpha value is -3.86. The lowest BCUT2D eigenvalue weighted by atomic mass is 10.0. The summed E-state index contributed by atoms with van der Waals surface area (Å²) in [4.78, 5) is 35.7. The van der Waals surface area contributed by atoms with E-state index in [0.29, 0.717) is 18.6 Å². The molecule has 1 aliphatic heterocycles. The normalized spacial score (nSPS) is 14.8. The van der Waals surface area contributed by atoms with Gasteiger partial charge in [0.2, 0.25) is 11.8 Å². The summed E-state index contributed by atoms with van der Waals surface area (Å²) < 4.78 is 47.5. The molecule has 0 N–H and O–H groups in total. The molecule has 0 spiro atoms. The van der Waals surface area contributed by atoms with Gasteiger partial charge in [-0.3, -0.25) is 9.59 Å². The van der Waals surface area contributed by atoms with Crippen LogP contribution in [0.1, 0.15) is 29.2 Å².